The van der Waals surface area contributed by atoms with Crippen LogP contribution in [0, 0.1) is 0 Å². The summed E-state index contributed by atoms with van der Waals surface area (Å²) in [6.07, 6.45) is 2.82. The van der Waals surface area contributed by atoms with Crippen molar-refractivity contribution in [1.29, 1.82) is 0 Å². The summed E-state index contributed by atoms with van der Waals surface area (Å²) in [6, 6.07) is 15.6. The van der Waals surface area contributed by atoms with E-state index in [1.807, 2.05) is 43.3 Å². The summed E-state index contributed by atoms with van der Waals surface area (Å²) in [4.78, 5) is 30.3. The van der Waals surface area contributed by atoms with Crippen molar-refractivity contribution in [3.63, 3.8) is 0 Å². The number of aromatic nitrogens is 1. The molecular weight excluding hydrogens is 352 g/mol. The first-order valence-electron chi connectivity index (χ1n) is 9.38. The van der Waals surface area contributed by atoms with Gasteiger partial charge in [-0.1, -0.05) is 36.4 Å². The number of rotatable bonds is 3. The van der Waals surface area contributed by atoms with Crippen molar-refractivity contribution in [3.8, 4) is 0 Å². The Bertz CT molecular complexity index is 977. The Hall–Kier alpha value is -3.21. The molecule has 2 aromatic rings. The first-order valence-corrected chi connectivity index (χ1v) is 9.38. The molecule has 28 heavy (non-hydrogen) atoms. The molecule has 1 aliphatic carbocycles. The molecule has 0 saturated carbocycles. The Balaban J connectivity index is 1.81. The van der Waals surface area contributed by atoms with E-state index in [9.17, 15) is 9.59 Å². The molecule has 2 atom stereocenters. The molecule has 0 fully saturated rings. The van der Waals surface area contributed by atoms with Gasteiger partial charge in [-0.15, -0.1) is 0 Å². The number of benzene rings is 1. The number of pyridine rings is 1. The van der Waals surface area contributed by atoms with Crippen LogP contribution >= 0.6 is 0 Å². The number of ether oxygens (including phenoxy) is 1. The van der Waals surface area contributed by atoms with Crippen molar-refractivity contribution in [1.82, 2.24) is 10.3 Å². The second-order valence-electron chi connectivity index (χ2n) is 7.17. The lowest BCUT2D eigenvalue weighted by molar-refractivity contribution is -0.136. The monoisotopic (exact) mass is 374 g/mol. The van der Waals surface area contributed by atoms with Gasteiger partial charge in [-0.3, -0.25) is 9.78 Å². The van der Waals surface area contributed by atoms with Crippen molar-refractivity contribution in [2.24, 2.45) is 0 Å². The fraction of sp³-hybridized carbons (Fsp3) is 0.261. The topological polar surface area (TPSA) is 68.3 Å². The Labute approximate surface area is 164 Å². The normalized spacial score (nSPS) is 21.9. The zero-order valence-electron chi connectivity index (χ0n) is 15.9. The van der Waals surface area contributed by atoms with E-state index < -0.39 is 11.9 Å². The van der Waals surface area contributed by atoms with E-state index >= 15 is 0 Å². The highest BCUT2D eigenvalue weighted by atomic mass is 16.5. The Morgan fingerprint density at radius 2 is 1.86 bits per heavy atom. The van der Waals surface area contributed by atoms with Gasteiger partial charge in [0.25, 0.3) is 0 Å². The van der Waals surface area contributed by atoms with Gasteiger partial charge in [0.05, 0.1) is 24.3 Å². The third-order valence-electron chi connectivity index (χ3n) is 5.49. The maximum Gasteiger partial charge on any atom is 0.336 e. The molecule has 1 N–H and O–H groups in total. The lowest BCUT2D eigenvalue weighted by Gasteiger charge is -2.36. The van der Waals surface area contributed by atoms with Crippen molar-refractivity contribution in [2.45, 2.75) is 31.6 Å². The molecule has 142 valence electrons. The van der Waals surface area contributed by atoms with Crippen LogP contribution in [0.4, 0.5) is 0 Å². The average molecular weight is 374 g/mol. The number of esters is 1. The minimum atomic E-state index is -0.505. The number of allylic oxidation sites excluding steroid dienone is 3. The molecule has 0 bridgehead atoms. The van der Waals surface area contributed by atoms with Crippen LogP contribution in [0.15, 0.2) is 77.3 Å². The molecule has 0 spiro atoms. The van der Waals surface area contributed by atoms with Gasteiger partial charge in [0.15, 0.2) is 5.78 Å². The van der Waals surface area contributed by atoms with Crippen LogP contribution in [0.1, 0.15) is 42.9 Å². The minimum Gasteiger partial charge on any atom is -0.466 e. The number of Topliss-reactive ketones (excluding diaryl/α,β-unsaturated/α-hetero) is 1. The number of carbonyl (C=O) groups excluding carboxylic acids is 2. The van der Waals surface area contributed by atoms with E-state index in [1.54, 1.807) is 6.20 Å². The molecule has 0 unspecified atom stereocenters. The van der Waals surface area contributed by atoms with Crippen LogP contribution in [-0.2, 0) is 14.3 Å². The fourth-order valence-corrected chi connectivity index (χ4v) is 4.22. The second-order valence-corrected chi connectivity index (χ2v) is 7.17. The predicted octanol–water partition coefficient (Wildman–Crippen LogP) is 3.62. The fourth-order valence-electron chi connectivity index (χ4n) is 4.22. The maximum absolute atomic E-state index is 13.3. The number of nitrogens with one attached hydrogen (secondary N) is 1. The van der Waals surface area contributed by atoms with Crippen LogP contribution in [0.25, 0.3) is 0 Å². The number of carbonyl (C=O) groups is 2. The number of ketones is 1. The lowest BCUT2D eigenvalue weighted by atomic mass is 9.73. The second kappa shape index (κ2) is 7.43. The Morgan fingerprint density at radius 3 is 2.54 bits per heavy atom. The minimum absolute atomic E-state index is 0.0483. The first-order chi connectivity index (χ1) is 13.6. The number of nitrogens with zero attached hydrogens (tertiary/aromatic N) is 1. The quantitative estimate of drug-likeness (QED) is 0.831. The summed E-state index contributed by atoms with van der Waals surface area (Å²) in [5.41, 5.74) is 4.51. The molecule has 0 radical (unpaired) electrons. The molecule has 1 aliphatic heterocycles. The van der Waals surface area contributed by atoms with E-state index in [1.165, 1.54) is 7.11 Å². The van der Waals surface area contributed by atoms with Crippen LogP contribution in [-0.4, -0.2) is 23.8 Å². The Morgan fingerprint density at radius 1 is 1.11 bits per heavy atom. The van der Waals surface area contributed by atoms with Crippen molar-refractivity contribution in [3.05, 3.63) is 88.5 Å². The third kappa shape index (κ3) is 3.13. The number of methoxy groups -OCH3 is 1. The number of hydrogen-bond acceptors (Lipinski definition) is 5. The molecule has 2 heterocycles. The van der Waals surface area contributed by atoms with E-state index in [2.05, 4.69) is 22.4 Å². The summed E-state index contributed by atoms with van der Waals surface area (Å²) in [5, 5.41) is 3.32. The van der Waals surface area contributed by atoms with E-state index in [0.29, 0.717) is 29.0 Å². The standard InChI is InChI=1S/C23H22N2O3/c1-14-20(23(27)28-2)22(17-10-6-7-11-24-17)21-18(25-14)12-16(13-19(21)26)15-8-4-3-5-9-15/h3-11,16,22,25H,12-13H2,1-2H3/t16-,22+/m0/s1. The van der Waals surface area contributed by atoms with E-state index in [-0.39, 0.29) is 11.7 Å². The van der Waals surface area contributed by atoms with Gasteiger partial charge in [0, 0.05) is 29.6 Å². The van der Waals surface area contributed by atoms with Gasteiger partial charge in [-0.2, -0.15) is 0 Å². The molecule has 0 amide bonds. The summed E-state index contributed by atoms with van der Waals surface area (Å²) in [7, 11) is 1.36. The summed E-state index contributed by atoms with van der Waals surface area (Å²) in [6.45, 7) is 1.85. The molecule has 5 heteroatoms. The molecule has 1 aromatic heterocycles. The smallest absolute Gasteiger partial charge is 0.336 e. The molecule has 5 nitrogen and oxygen atoms in total. The average Bonchev–Trinajstić information content (AvgIpc) is 2.73. The number of hydrogen-bond donors (Lipinski definition) is 1. The van der Waals surface area contributed by atoms with Crippen LogP contribution < -0.4 is 5.32 Å². The molecule has 0 saturated heterocycles. The zero-order chi connectivity index (χ0) is 19.7. The third-order valence-corrected chi connectivity index (χ3v) is 5.49. The SMILES string of the molecule is COC(=O)C1=C(C)NC2=C(C(=O)C[C@@H](c3ccccc3)C2)[C@@H]1c1ccccn1. The molecular formula is C23H22N2O3. The van der Waals surface area contributed by atoms with Crippen LogP contribution in [0.2, 0.25) is 0 Å². The highest BCUT2D eigenvalue weighted by Gasteiger charge is 2.41. The Kier molecular flexibility index (Phi) is 4.82. The van der Waals surface area contributed by atoms with Crippen molar-refractivity contribution in [2.75, 3.05) is 7.11 Å². The van der Waals surface area contributed by atoms with E-state index in [0.717, 1.165) is 17.7 Å². The van der Waals surface area contributed by atoms with Gasteiger partial charge in [-0.05, 0) is 37.0 Å². The molecule has 1 aromatic carbocycles. The highest BCUT2D eigenvalue weighted by molar-refractivity contribution is 6.04. The van der Waals surface area contributed by atoms with Crippen LogP contribution in [0.3, 0.4) is 0 Å². The van der Waals surface area contributed by atoms with Crippen LogP contribution in [0.5, 0.6) is 0 Å². The highest BCUT2D eigenvalue weighted by Crippen LogP contribution is 2.45. The number of dihydropyridines is 1. The van der Waals surface area contributed by atoms with Gasteiger partial charge in [0.2, 0.25) is 0 Å². The van der Waals surface area contributed by atoms with Gasteiger partial charge in [0.1, 0.15) is 0 Å². The largest absolute Gasteiger partial charge is 0.466 e. The molecule has 4 rings (SSSR count). The summed E-state index contributed by atoms with van der Waals surface area (Å²) < 4.78 is 5.02. The van der Waals surface area contributed by atoms with Gasteiger partial charge in [-0.25, -0.2) is 4.79 Å². The van der Waals surface area contributed by atoms with Crippen molar-refractivity contribution < 1.29 is 14.3 Å². The molecule has 2 aliphatic rings. The first kappa shape index (κ1) is 18.2. The maximum atomic E-state index is 13.3. The summed E-state index contributed by atoms with van der Waals surface area (Å²) in [5.74, 6) is -0.775. The van der Waals surface area contributed by atoms with Gasteiger partial charge >= 0.3 is 5.97 Å². The van der Waals surface area contributed by atoms with Crippen molar-refractivity contribution >= 4 is 11.8 Å². The zero-order valence-corrected chi connectivity index (χ0v) is 15.9. The predicted molar refractivity (Wildman–Crippen MR) is 105 cm³/mol. The van der Waals surface area contributed by atoms with E-state index in [4.69, 9.17) is 4.74 Å². The van der Waals surface area contributed by atoms with Gasteiger partial charge < -0.3 is 10.1 Å². The lowest BCUT2D eigenvalue weighted by Crippen LogP contribution is -2.36. The summed E-state index contributed by atoms with van der Waals surface area (Å²) >= 11 is 0.